The number of aliphatic hydroxyl groups excluding tert-OH is 1. The summed E-state index contributed by atoms with van der Waals surface area (Å²) in [7, 11) is -2.20. The molecule has 0 saturated carbocycles. The molecule has 48 heavy (non-hydrogen) atoms. The van der Waals surface area contributed by atoms with Gasteiger partial charge in [0, 0.05) is 47.6 Å². The number of likely N-dealkylation sites (tertiary alicyclic amines) is 1. The Morgan fingerprint density at radius 1 is 1.19 bits per heavy atom. The summed E-state index contributed by atoms with van der Waals surface area (Å²) < 4.78 is 29.5. The molecule has 0 aliphatic carbocycles. The molecule has 0 unspecified atom stereocenters. The lowest BCUT2D eigenvalue weighted by Crippen LogP contribution is -2.45. The van der Waals surface area contributed by atoms with Gasteiger partial charge in [-0.25, -0.2) is 0 Å². The zero-order valence-corrected chi connectivity index (χ0v) is 28.3. The van der Waals surface area contributed by atoms with Crippen LogP contribution >= 0.6 is 0 Å². The maximum Gasteiger partial charge on any atom is 0.297 e. The molecule has 4 heterocycles. The number of non-ortho nitro benzene ring substituents is 1. The molecule has 14 heteroatoms. The number of nitro groups is 1. The van der Waals surface area contributed by atoms with Crippen molar-refractivity contribution in [3.05, 3.63) is 92.4 Å². The van der Waals surface area contributed by atoms with Crippen molar-refractivity contribution in [3.63, 3.8) is 0 Å². The number of pyridine rings is 1. The van der Waals surface area contributed by atoms with Crippen molar-refractivity contribution in [3.8, 4) is 11.4 Å². The molecule has 0 bridgehead atoms. The molecular formula is C34H39FN4O8Si. The second kappa shape index (κ2) is 12.6. The van der Waals surface area contributed by atoms with Gasteiger partial charge in [-0.3, -0.25) is 29.1 Å². The Labute approximate surface area is 278 Å². The molecule has 3 aliphatic rings. The summed E-state index contributed by atoms with van der Waals surface area (Å²) in [5, 5.41) is 21.7. The third-order valence-electron chi connectivity index (χ3n) is 10.1. The summed E-state index contributed by atoms with van der Waals surface area (Å²) >= 11 is 0. The first-order valence-electron chi connectivity index (χ1n) is 16.0. The Bertz CT molecular complexity index is 1830. The monoisotopic (exact) mass is 678 g/mol. The van der Waals surface area contributed by atoms with Crippen LogP contribution < -0.4 is 15.2 Å². The fourth-order valence-corrected chi connectivity index (χ4v) is 10.5. The van der Waals surface area contributed by atoms with Crippen molar-refractivity contribution in [2.24, 2.45) is 5.92 Å². The molecule has 1 N–H and O–H groups in total. The predicted octanol–water partition coefficient (Wildman–Crippen LogP) is 4.45. The standard InChI is InChI=1S/C34H39FN4O8Si/c1-21-31(48(3,4)35)29(18-30(41)36-14-6-10-25(36)20-40)47-34(21)26-17-24(39(44)45)12-13-27(26)38(33(34)43)19-22-8-5-9-23(16-22)37-15-7-11-28(46-2)32(37)42/h5,7-9,11-13,15-17,21,25,29,31,40H,6,10,14,18-20H2,1-4H3/t21-,25+,29+,31-,34+/m1/s1. The van der Waals surface area contributed by atoms with Gasteiger partial charge in [-0.15, -0.1) is 0 Å². The van der Waals surface area contributed by atoms with Crippen LogP contribution in [0.15, 0.2) is 65.6 Å². The summed E-state index contributed by atoms with van der Waals surface area (Å²) in [6.07, 6.45) is 1.88. The van der Waals surface area contributed by atoms with Crippen molar-refractivity contribution in [1.82, 2.24) is 9.47 Å². The van der Waals surface area contributed by atoms with Crippen LogP contribution in [-0.2, 0) is 26.5 Å². The van der Waals surface area contributed by atoms with Gasteiger partial charge in [0.05, 0.1) is 49.4 Å². The van der Waals surface area contributed by atoms with Crippen LogP contribution in [-0.4, -0.2) is 72.1 Å². The van der Waals surface area contributed by atoms with Crippen LogP contribution in [0.2, 0.25) is 18.6 Å². The van der Waals surface area contributed by atoms with Crippen molar-refractivity contribution in [2.75, 3.05) is 25.2 Å². The van der Waals surface area contributed by atoms with E-state index in [9.17, 15) is 29.6 Å². The summed E-state index contributed by atoms with van der Waals surface area (Å²) in [6, 6.07) is 14.1. The maximum absolute atomic E-state index is 16.3. The quantitative estimate of drug-likeness (QED) is 0.151. The highest BCUT2D eigenvalue weighted by molar-refractivity contribution is 6.72. The van der Waals surface area contributed by atoms with E-state index in [-0.39, 0.29) is 54.1 Å². The molecule has 5 atom stereocenters. The Morgan fingerprint density at radius 3 is 2.65 bits per heavy atom. The van der Waals surface area contributed by atoms with E-state index in [1.165, 1.54) is 47.9 Å². The first-order valence-corrected chi connectivity index (χ1v) is 19.0. The number of anilines is 1. The number of hydrogen-bond donors (Lipinski definition) is 1. The third kappa shape index (κ3) is 5.50. The van der Waals surface area contributed by atoms with Gasteiger partial charge in [0.25, 0.3) is 17.2 Å². The Hall–Kier alpha value is -4.40. The second-order valence-electron chi connectivity index (χ2n) is 13.3. The molecule has 2 fully saturated rings. The smallest absolute Gasteiger partial charge is 0.297 e. The van der Waals surface area contributed by atoms with Gasteiger partial charge in [0.2, 0.25) is 14.3 Å². The average molecular weight is 679 g/mol. The largest absolute Gasteiger partial charge is 0.491 e. The molecule has 12 nitrogen and oxygen atoms in total. The lowest BCUT2D eigenvalue weighted by atomic mass is 9.82. The molecule has 1 aromatic heterocycles. The van der Waals surface area contributed by atoms with Crippen LogP contribution in [0.1, 0.15) is 37.3 Å². The van der Waals surface area contributed by atoms with E-state index in [1.54, 1.807) is 54.4 Å². The van der Waals surface area contributed by atoms with Gasteiger partial charge in [0.1, 0.15) is 0 Å². The molecule has 254 valence electrons. The zero-order chi connectivity index (χ0) is 34.5. The molecule has 2 aromatic carbocycles. The third-order valence-corrected chi connectivity index (χ3v) is 12.6. The number of carbonyl (C=O) groups excluding carboxylic acids is 2. The number of hydrogen-bond acceptors (Lipinski definition) is 8. The lowest BCUT2D eigenvalue weighted by Gasteiger charge is -2.31. The number of nitrogens with zero attached hydrogens (tertiary/aromatic N) is 4. The van der Waals surface area contributed by atoms with Gasteiger partial charge in [-0.2, -0.15) is 0 Å². The number of halogens is 1. The van der Waals surface area contributed by atoms with Gasteiger partial charge in [-0.1, -0.05) is 19.1 Å². The lowest BCUT2D eigenvalue weighted by molar-refractivity contribution is -0.385. The van der Waals surface area contributed by atoms with E-state index in [2.05, 4.69) is 0 Å². The average Bonchev–Trinajstić information content (AvgIpc) is 3.71. The number of benzene rings is 2. The summed E-state index contributed by atoms with van der Waals surface area (Å²) in [5.41, 5.74) is -1.29. The number of amides is 2. The molecule has 2 saturated heterocycles. The minimum absolute atomic E-state index is 0.0324. The number of carbonyl (C=O) groups is 2. The van der Waals surface area contributed by atoms with E-state index in [0.717, 1.165) is 6.42 Å². The van der Waals surface area contributed by atoms with Gasteiger partial charge in [-0.05, 0) is 61.8 Å². The first kappa shape index (κ1) is 33.5. The van der Waals surface area contributed by atoms with Gasteiger partial charge >= 0.3 is 0 Å². The predicted molar refractivity (Wildman–Crippen MR) is 177 cm³/mol. The van der Waals surface area contributed by atoms with E-state index < -0.39 is 42.4 Å². The van der Waals surface area contributed by atoms with Crippen LogP contribution in [0, 0.1) is 16.0 Å². The molecule has 6 rings (SSSR count). The van der Waals surface area contributed by atoms with Crippen molar-refractivity contribution < 1.29 is 33.2 Å². The van der Waals surface area contributed by atoms with E-state index in [1.807, 2.05) is 0 Å². The number of methoxy groups -OCH3 is 1. The Balaban J connectivity index is 1.40. The number of aromatic nitrogens is 1. The second-order valence-corrected chi connectivity index (χ2v) is 17.1. The van der Waals surface area contributed by atoms with E-state index >= 15 is 4.11 Å². The first-order chi connectivity index (χ1) is 22.8. The van der Waals surface area contributed by atoms with Crippen LogP contribution in [0.4, 0.5) is 15.5 Å². The highest BCUT2D eigenvalue weighted by Gasteiger charge is 2.67. The minimum Gasteiger partial charge on any atom is -0.491 e. The summed E-state index contributed by atoms with van der Waals surface area (Å²) in [4.78, 5) is 55.7. The number of fused-ring (bicyclic) bond motifs is 2. The SMILES string of the molecule is COc1cccn(-c2cccc(CN3C(=O)[C@@]4(O[C@@H](CC(=O)N5CCC[C@H]5CO)[C@H]([Si](C)(C)F)[C@H]4C)c4cc([N+](=O)[O-])ccc43)c2)c1=O. The molecule has 0 radical (unpaired) electrons. The van der Waals surface area contributed by atoms with E-state index in [4.69, 9.17) is 9.47 Å². The summed E-state index contributed by atoms with van der Waals surface area (Å²) in [5.74, 6) is -1.37. The van der Waals surface area contributed by atoms with Crippen LogP contribution in [0.5, 0.6) is 5.75 Å². The van der Waals surface area contributed by atoms with Gasteiger partial charge < -0.3 is 28.5 Å². The fourth-order valence-electron chi connectivity index (χ4n) is 7.97. The molecule has 3 aliphatic heterocycles. The maximum atomic E-state index is 16.3. The van der Waals surface area contributed by atoms with Crippen molar-refractivity contribution in [1.29, 1.82) is 0 Å². The minimum atomic E-state index is -3.61. The number of aliphatic hydroxyl groups is 1. The Morgan fingerprint density at radius 2 is 1.96 bits per heavy atom. The van der Waals surface area contributed by atoms with Gasteiger partial charge in [0.15, 0.2) is 11.4 Å². The molecule has 3 aromatic rings. The number of nitro benzene ring substituents is 1. The zero-order valence-electron chi connectivity index (χ0n) is 27.3. The van der Waals surface area contributed by atoms with E-state index in [0.29, 0.717) is 29.9 Å². The molecule has 1 spiro atoms. The summed E-state index contributed by atoms with van der Waals surface area (Å²) in [6.45, 7) is 5.11. The van der Waals surface area contributed by atoms with Crippen LogP contribution in [0.25, 0.3) is 5.69 Å². The normalized spacial score (nSPS) is 25.2. The highest BCUT2D eigenvalue weighted by atomic mass is 28.4. The fraction of sp³-hybridized carbons (Fsp3) is 0.441. The van der Waals surface area contributed by atoms with Crippen LogP contribution in [0.3, 0.4) is 0 Å². The van der Waals surface area contributed by atoms with Crippen molar-refractivity contribution >= 4 is 31.6 Å². The Kier molecular flexibility index (Phi) is 8.77. The molecule has 2 amide bonds. The highest BCUT2D eigenvalue weighted by Crippen LogP contribution is 2.60. The number of ether oxygens (including phenoxy) is 2. The van der Waals surface area contributed by atoms with Crippen molar-refractivity contribution in [2.45, 2.75) is 69.1 Å². The number of rotatable bonds is 9. The topological polar surface area (TPSA) is 144 Å². The molecular weight excluding hydrogens is 639 g/mol.